The summed E-state index contributed by atoms with van der Waals surface area (Å²) in [5.74, 6) is 0.688. The van der Waals surface area contributed by atoms with E-state index in [9.17, 15) is 0 Å². The summed E-state index contributed by atoms with van der Waals surface area (Å²) >= 11 is 5.18. The monoisotopic (exact) mass is 312 g/mol. The molecule has 2 aromatic rings. The molecule has 2 rings (SSSR count). The van der Waals surface area contributed by atoms with Gasteiger partial charge in [0.2, 0.25) is 0 Å². The Bertz CT molecular complexity index is 581. The van der Waals surface area contributed by atoms with Crippen LogP contribution in [-0.2, 0) is 11.2 Å². The summed E-state index contributed by atoms with van der Waals surface area (Å²) in [5.41, 5.74) is 1.29. The Morgan fingerprint density at radius 1 is 1.05 bits per heavy atom. The molecule has 0 aromatic heterocycles. The van der Waals surface area contributed by atoms with E-state index in [1.165, 1.54) is 5.56 Å². The first kappa shape index (κ1) is 16.2. The van der Waals surface area contributed by atoms with Crippen LogP contribution in [0.3, 0.4) is 0 Å². The molecule has 0 saturated heterocycles. The second kappa shape index (κ2) is 9.00. The molecule has 0 fully saturated rings. The molecule has 0 heterocycles. The summed E-state index contributed by atoms with van der Waals surface area (Å²) in [4.78, 5) is 0. The lowest BCUT2D eigenvalue weighted by Gasteiger charge is -2.18. The fraction of sp³-hybridized carbons (Fsp3) is 0.211. The van der Waals surface area contributed by atoms with Crippen molar-refractivity contribution in [2.75, 3.05) is 0 Å². The normalized spacial score (nSPS) is 11.5. The predicted octanol–water partition coefficient (Wildman–Crippen LogP) is 4.94. The van der Waals surface area contributed by atoms with E-state index in [4.69, 9.17) is 21.7 Å². The van der Waals surface area contributed by atoms with Crippen molar-refractivity contribution < 1.29 is 9.47 Å². The minimum Gasteiger partial charge on any atom is -0.453 e. The lowest BCUT2D eigenvalue weighted by Crippen LogP contribution is -2.21. The zero-order chi connectivity index (χ0) is 15.6. The van der Waals surface area contributed by atoms with Crippen molar-refractivity contribution in [3.05, 3.63) is 78.9 Å². The Morgan fingerprint density at radius 2 is 1.68 bits per heavy atom. The molecule has 0 radical (unpaired) electrons. The standard InChI is InChI=1S/C19H20O2S/c1-2-9-17(15-14-16-10-5-3-6-11-16)20-19(22)21-18-12-7-4-8-13-18/h2-8,10-13,17H,1,9,14-15H2. The molecule has 1 atom stereocenters. The van der Waals surface area contributed by atoms with E-state index in [1.807, 2.05) is 54.6 Å². The molecule has 2 nitrogen and oxygen atoms in total. The van der Waals surface area contributed by atoms with Gasteiger partial charge >= 0.3 is 5.24 Å². The molecular formula is C19H20O2S. The lowest BCUT2D eigenvalue weighted by atomic mass is 10.1. The SMILES string of the molecule is C=CCC(CCc1ccccc1)OC(=S)Oc1ccccc1. The molecule has 0 spiro atoms. The van der Waals surface area contributed by atoms with Crippen LogP contribution in [0, 0.1) is 0 Å². The number of benzene rings is 2. The Labute approximate surface area is 137 Å². The molecule has 0 amide bonds. The number of para-hydroxylation sites is 1. The second-order valence-corrected chi connectivity index (χ2v) is 5.29. The highest BCUT2D eigenvalue weighted by Crippen LogP contribution is 2.14. The summed E-state index contributed by atoms with van der Waals surface area (Å²) in [6.45, 7) is 3.78. The van der Waals surface area contributed by atoms with Gasteiger partial charge in [0.1, 0.15) is 11.9 Å². The zero-order valence-corrected chi connectivity index (χ0v) is 13.3. The van der Waals surface area contributed by atoms with Crippen molar-refractivity contribution in [1.82, 2.24) is 0 Å². The van der Waals surface area contributed by atoms with Gasteiger partial charge in [-0.25, -0.2) is 0 Å². The first-order valence-electron chi connectivity index (χ1n) is 7.36. The average Bonchev–Trinajstić information content (AvgIpc) is 2.55. The molecule has 0 N–H and O–H groups in total. The van der Waals surface area contributed by atoms with Gasteiger partial charge in [0.25, 0.3) is 0 Å². The van der Waals surface area contributed by atoms with Crippen molar-refractivity contribution in [1.29, 1.82) is 0 Å². The third-order valence-corrected chi connectivity index (χ3v) is 3.41. The molecule has 0 aliphatic heterocycles. The predicted molar refractivity (Wildman–Crippen MR) is 94.1 cm³/mol. The third-order valence-electron chi connectivity index (χ3n) is 3.23. The molecule has 0 saturated carbocycles. The number of thiocarbonyl (C=S) groups is 1. The number of rotatable bonds is 7. The van der Waals surface area contributed by atoms with Crippen molar-refractivity contribution in [2.45, 2.75) is 25.4 Å². The highest BCUT2D eigenvalue weighted by molar-refractivity contribution is 7.79. The average molecular weight is 312 g/mol. The van der Waals surface area contributed by atoms with Gasteiger partial charge in [-0.2, -0.15) is 0 Å². The van der Waals surface area contributed by atoms with Gasteiger partial charge in [-0.15, -0.1) is 6.58 Å². The van der Waals surface area contributed by atoms with Crippen LogP contribution in [-0.4, -0.2) is 11.3 Å². The minimum atomic E-state index is -0.0195. The van der Waals surface area contributed by atoms with Crippen molar-refractivity contribution in [3.63, 3.8) is 0 Å². The summed E-state index contributed by atoms with van der Waals surface area (Å²) in [7, 11) is 0. The van der Waals surface area contributed by atoms with E-state index < -0.39 is 0 Å². The van der Waals surface area contributed by atoms with Gasteiger partial charge in [-0.1, -0.05) is 54.6 Å². The van der Waals surface area contributed by atoms with Crippen LogP contribution >= 0.6 is 12.2 Å². The molecule has 3 heteroatoms. The Balaban J connectivity index is 1.85. The van der Waals surface area contributed by atoms with Gasteiger partial charge in [0.15, 0.2) is 0 Å². The summed E-state index contributed by atoms with van der Waals surface area (Å²) in [5, 5.41) is 0.158. The first-order valence-corrected chi connectivity index (χ1v) is 7.77. The van der Waals surface area contributed by atoms with E-state index in [1.54, 1.807) is 0 Å². The van der Waals surface area contributed by atoms with Crippen molar-refractivity contribution >= 4 is 17.5 Å². The molecule has 1 unspecified atom stereocenters. The van der Waals surface area contributed by atoms with Crippen LogP contribution in [0.15, 0.2) is 73.3 Å². The Hall–Kier alpha value is -2.13. The maximum atomic E-state index is 5.75. The number of hydrogen-bond donors (Lipinski definition) is 0. The summed E-state index contributed by atoms with van der Waals surface area (Å²) in [6, 6.07) is 19.8. The molecule has 0 aliphatic carbocycles. The van der Waals surface area contributed by atoms with Crippen LogP contribution in [0.5, 0.6) is 5.75 Å². The molecule has 114 valence electrons. The van der Waals surface area contributed by atoms with E-state index in [-0.39, 0.29) is 11.3 Å². The summed E-state index contributed by atoms with van der Waals surface area (Å²) in [6.07, 6.45) is 4.38. The van der Waals surface area contributed by atoms with Crippen molar-refractivity contribution in [2.24, 2.45) is 0 Å². The maximum Gasteiger partial charge on any atom is 0.358 e. The largest absolute Gasteiger partial charge is 0.453 e. The fourth-order valence-electron chi connectivity index (χ4n) is 2.13. The van der Waals surface area contributed by atoms with Crippen molar-refractivity contribution in [3.8, 4) is 5.75 Å². The van der Waals surface area contributed by atoms with Crippen LogP contribution in [0.2, 0.25) is 0 Å². The number of ether oxygens (including phenoxy) is 2. The maximum absolute atomic E-state index is 5.75. The van der Waals surface area contributed by atoms with Gasteiger partial charge in [0, 0.05) is 18.6 Å². The minimum absolute atomic E-state index is 0.0195. The van der Waals surface area contributed by atoms with Crippen LogP contribution < -0.4 is 4.74 Å². The van der Waals surface area contributed by atoms with E-state index >= 15 is 0 Å². The zero-order valence-electron chi connectivity index (χ0n) is 12.5. The lowest BCUT2D eigenvalue weighted by molar-refractivity contribution is 0.150. The van der Waals surface area contributed by atoms with Gasteiger partial charge in [0.05, 0.1) is 0 Å². The Morgan fingerprint density at radius 3 is 2.32 bits per heavy atom. The Kier molecular flexibility index (Phi) is 6.65. The number of aryl methyl sites for hydroxylation is 1. The van der Waals surface area contributed by atoms with Gasteiger partial charge in [-0.3, -0.25) is 0 Å². The van der Waals surface area contributed by atoms with Gasteiger partial charge < -0.3 is 9.47 Å². The molecule has 0 bridgehead atoms. The van der Waals surface area contributed by atoms with Crippen LogP contribution in [0.25, 0.3) is 0 Å². The first-order chi connectivity index (χ1) is 10.8. The highest BCUT2D eigenvalue weighted by atomic mass is 32.1. The molecular weight excluding hydrogens is 292 g/mol. The number of hydrogen-bond acceptors (Lipinski definition) is 3. The molecule has 22 heavy (non-hydrogen) atoms. The highest BCUT2D eigenvalue weighted by Gasteiger charge is 2.12. The second-order valence-electron chi connectivity index (χ2n) is 4.95. The van der Waals surface area contributed by atoms with E-state index in [0.717, 1.165) is 19.3 Å². The van der Waals surface area contributed by atoms with Gasteiger partial charge in [-0.05, 0) is 30.5 Å². The third kappa shape index (κ3) is 5.70. The van der Waals surface area contributed by atoms with E-state index in [2.05, 4.69) is 18.7 Å². The van der Waals surface area contributed by atoms with E-state index in [0.29, 0.717) is 5.75 Å². The molecule has 2 aromatic carbocycles. The smallest absolute Gasteiger partial charge is 0.358 e. The van der Waals surface area contributed by atoms with Crippen LogP contribution in [0.4, 0.5) is 0 Å². The fourth-order valence-corrected chi connectivity index (χ4v) is 2.36. The molecule has 0 aliphatic rings. The summed E-state index contributed by atoms with van der Waals surface area (Å²) < 4.78 is 11.3. The topological polar surface area (TPSA) is 18.5 Å². The van der Waals surface area contributed by atoms with Crippen LogP contribution in [0.1, 0.15) is 18.4 Å². The quantitative estimate of drug-likeness (QED) is 0.532.